The van der Waals surface area contributed by atoms with Gasteiger partial charge in [0.2, 0.25) is 5.91 Å². The first kappa shape index (κ1) is 8.67. The van der Waals surface area contributed by atoms with Gasteiger partial charge < -0.3 is 15.5 Å². The zero-order valence-corrected chi connectivity index (χ0v) is 6.45. The fraction of sp³-hybridized carbons (Fsp3) is 0.714. The van der Waals surface area contributed by atoms with Crippen LogP contribution in [0.2, 0.25) is 0 Å². The third kappa shape index (κ3) is 2.00. The van der Waals surface area contributed by atoms with Crippen LogP contribution in [-0.2, 0) is 0 Å². The van der Waals surface area contributed by atoms with Crippen molar-refractivity contribution in [3.8, 4) is 0 Å². The highest BCUT2D eigenvalue weighted by Crippen LogP contribution is 2.09. The number of piperazine rings is 1. The van der Waals surface area contributed by atoms with Crippen molar-refractivity contribution in [2.75, 3.05) is 26.2 Å². The van der Waals surface area contributed by atoms with E-state index in [1.165, 1.54) is 0 Å². The van der Waals surface area contributed by atoms with Crippen molar-refractivity contribution in [1.82, 2.24) is 10.2 Å². The molecule has 0 bridgehead atoms. The number of aliphatic hydroxyl groups is 2. The van der Waals surface area contributed by atoms with Crippen LogP contribution in [0.3, 0.4) is 0 Å². The average molecular weight is 158 g/mol. The van der Waals surface area contributed by atoms with Gasteiger partial charge in [0.25, 0.3) is 0 Å². The largest absolute Gasteiger partial charge is 0.352 e. The van der Waals surface area contributed by atoms with Crippen LogP contribution in [0.25, 0.3) is 0 Å². The molecule has 0 aliphatic carbocycles. The summed E-state index contributed by atoms with van der Waals surface area (Å²) in [5.74, 6) is -1.70. The Hall–Kier alpha value is -0.420. The van der Waals surface area contributed by atoms with E-state index in [9.17, 15) is 10.2 Å². The second kappa shape index (κ2) is 3.32. The smallest absolute Gasteiger partial charge is 0.238 e. The Kier molecular flexibility index (Phi) is 2.62. The highest BCUT2D eigenvalue weighted by Gasteiger charge is 2.33. The zero-order valence-electron chi connectivity index (χ0n) is 6.45. The predicted molar refractivity (Wildman–Crippen MR) is 41.8 cm³/mol. The topological polar surface area (TPSA) is 55.7 Å². The molecule has 4 nitrogen and oxygen atoms in total. The number of hydrogen-bond acceptors (Lipinski definition) is 4. The Balaban J connectivity index is 2.52. The molecule has 0 unspecified atom stereocenters. The maximum absolute atomic E-state index is 9.34. The molecule has 1 heterocycles. The summed E-state index contributed by atoms with van der Waals surface area (Å²) in [6.45, 7) is 5.67. The van der Waals surface area contributed by atoms with Crippen molar-refractivity contribution >= 4 is 0 Å². The van der Waals surface area contributed by atoms with Crippen molar-refractivity contribution in [3.05, 3.63) is 12.7 Å². The van der Waals surface area contributed by atoms with Crippen LogP contribution in [0.4, 0.5) is 0 Å². The molecule has 1 rings (SSSR count). The Morgan fingerprint density at radius 3 is 2.91 bits per heavy atom. The normalized spacial score (nSPS) is 24.9. The SMILES string of the molecule is C=CCN1CCNCC1(O)O. The first-order valence-corrected chi connectivity index (χ1v) is 3.68. The van der Waals surface area contributed by atoms with E-state index in [0.29, 0.717) is 13.1 Å². The van der Waals surface area contributed by atoms with Gasteiger partial charge in [-0.25, -0.2) is 4.90 Å². The second-order valence-electron chi connectivity index (χ2n) is 2.69. The molecule has 1 fully saturated rings. The van der Waals surface area contributed by atoms with E-state index in [2.05, 4.69) is 11.9 Å². The van der Waals surface area contributed by atoms with Gasteiger partial charge in [-0.05, 0) is 0 Å². The number of β-amino-alcohol motifs (C(OH)–C–C–N with tert-alkyl or cyclic N) is 2. The molecule has 1 aliphatic heterocycles. The lowest BCUT2D eigenvalue weighted by molar-refractivity contribution is -0.265. The van der Waals surface area contributed by atoms with Gasteiger partial charge in [-0.2, -0.15) is 0 Å². The summed E-state index contributed by atoms with van der Waals surface area (Å²) < 4.78 is 0. The van der Waals surface area contributed by atoms with E-state index in [4.69, 9.17) is 0 Å². The number of rotatable bonds is 2. The lowest BCUT2D eigenvalue weighted by Crippen LogP contribution is -2.61. The van der Waals surface area contributed by atoms with Crippen LogP contribution in [0.5, 0.6) is 0 Å². The van der Waals surface area contributed by atoms with Crippen LogP contribution in [0, 0.1) is 0 Å². The van der Waals surface area contributed by atoms with Gasteiger partial charge in [-0.3, -0.25) is 0 Å². The fourth-order valence-corrected chi connectivity index (χ4v) is 1.15. The quantitative estimate of drug-likeness (QED) is 0.346. The third-order valence-corrected chi connectivity index (χ3v) is 1.78. The van der Waals surface area contributed by atoms with Crippen molar-refractivity contribution in [1.29, 1.82) is 0 Å². The minimum atomic E-state index is -1.70. The summed E-state index contributed by atoms with van der Waals surface area (Å²) in [7, 11) is 0. The van der Waals surface area contributed by atoms with Crippen molar-refractivity contribution in [2.45, 2.75) is 5.91 Å². The van der Waals surface area contributed by atoms with Crippen LogP contribution < -0.4 is 5.32 Å². The summed E-state index contributed by atoms with van der Waals surface area (Å²) >= 11 is 0. The summed E-state index contributed by atoms with van der Waals surface area (Å²) in [4.78, 5) is 1.57. The number of nitrogens with one attached hydrogen (secondary N) is 1. The summed E-state index contributed by atoms with van der Waals surface area (Å²) in [6.07, 6.45) is 1.66. The lowest BCUT2D eigenvalue weighted by Gasteiger charge is -2.38. The highest BCUT2D eigenvalue weighted by molar-refractivity contribution is 4.83. The molecule has 0 atom stereocenters. The van der Waals surface area contributed by atoms with Crippen LogP contribution in [0.15, 0.2) is 12.7 Å². The van der Waals surface area contributed by atoms with E-state index < -0.39 is 5.91 Å². The van der Waals surface area contributed by atoms with Gasteiger partial charge >= 0.3 is 0 Å². The van der Waals surface area contributed by atoms with Gasteiger partial charge in [0.15, 0.2) is 0 Å². The maximum atomic E-state index is 9.34. The molecule has 0 radical (unpaired) electrons. The first-order valence-electron chi connectivity index (χ1n) is 3.68. The molecule has 0 aromatic carbocycles. The van der Waals surface area contributed by atoms with Crippen molar-refractivity contribution in [3.63, 3.8) is 0 Å². The molecule has 64 valence electrons. The Labute approximate surface area is 66.1 Å². The lowest BCUT2D eigenvalue weighted by atomic mass is 10.3. The van der Waals surface area contributed by atoms with Crippen LogP contribution >= 0.6 is 0 Å². The van der Waals surface area contributed by atoms with E-state index in [-0.39, 0.29) is 6.54 Å². The van der Waals surface area contributed by atoms with Gasteiger partial charge in [0, 0.05) is 19.6 Å². The van der Waals surface area contributed by atoms with Gasteiger partial charge in [0.1, 0.15) is 0 Å². The van der Waals surface area contributed by atoms with Crippen molar-refractivity contribution in [2.24, 2.45) is 0 Å². The highest BCUT2D eigenvalue weighted by atomic mass is 16.5. The monoisotopic (exact) mass is 158 g/mol. The summed E-state index contributed by atoms with van der Waals surface area (Å²) in [5.41, 5.74) is 0. The van der Waals surface area contributed by atoms with Crippen LogP contribution in [-0.4, -0.2) is 47.2 Å². The molecule has 0 aromatic heterocycles. The molecule has 0 saturated carbocycles. The summed E-state index contributed by atoms with van der Waals surface area (Å²) in [6, 6.07) is 0. The number of nitrogens with zero attached hydrogens (tertiary/aromatic N) is 1. The number of hydrogen-bond donors (Lipinski definition) is 3. The molecule has 0 aromatic rings. The third-order valence-electron chi connectivity index (χ3n) is 1.78. The minimum absolute atomic E-state index is 0.195. The molecule has 11 heavy (non-hydrogen) atoms. The van der Waals surface area contributed by atoms with Gasteiger partial charge in [0.05, 0.1) is 6.54 Å². The first-order chi connectivity index (χ1) is 5.17. The molecule has 1 saturated heterocycles. The van der Waals surface area contributed by atoms with E-state index >= 15 is 0 Å². The Bertz CT molecular complexity index is 147. The standard InChI is InChI=1S/C7H14N2O2/c1-2-4-9-5-3-8-6-7(9,10)11/h2,8,10-11H,1,3-6H2. The average Bonchev–Trinajstić information content (AvgIpc) is 1.94. The Morgan fingerprint density at radius 2 is 2.36 bits per heavy atom. The fourth-order valence-electron chi connectivity index (χ4n) is 1.15. The van der Waals surface area contributed by atoms with Crippen molar-refractivity contribution < 1.29 is 10.2 Å². The molecule has 0 spiro atoms. The molecular formula is C7H14N2O2. The maximum Gasteiger partial charge on any atom is 0.238 e. The molecule has 1 aliphatic rings. The van der Waals surface area contributed by atoms with Crippen LogP contribution in [0.1, 0.15) is 0 Å². The Morgan fingerprint density at radius 1 is 1.64 bits per heavy atom. The second-order valence-corrected chi connectivity index (χ2v) is 2.69. The van der Waals surface area contributed by atoms with E-state index in [1.807, 2.05) is 0 Å². The molecule has 0 amide bonds. The minimum Gasteiger partial charge on any atom is -0.352 e. The molecular weight excluding hydrogens is 144 g/mol. The summed E-state index contributed by atoms with van der Waals surface area (Å²) in [5, 5.41) is 21.6. The van der Waals surface area contributed by atoms with E-state index in [1.54, 1.807) is 11.0 Å². The predicted octanol–water partition coefficient (Wildman–Crippen LogP) is -1.28. The molecule has 4 heteroatoms. The zero-order chi connectivity index (χ0) is 8.32. The van der Waals surface area contributed by atoms with Gasteiger partial charge in [-0.15, -0.1) is 6.58 Å². The van der Waals surface area contributed by atoms with E-state index in [0.717, 1.165) is 6.54 Å². The van der Waals surface area contributed by atoms with Gasteiger partial charge in [-0.1, -0.05) is 6.08 Å². The molecule has 3 N–H and O–H groups in total.